The van der Waals surface area contributed by atoms with Crippen LogP contribution in [0.25, 0.3) is 0 Å². The Balaban J connectivity index is 1.54. The van der Waals surface area contributed by atoms with Gasteiger partial charge >= 0.3 is 0 Å². The van der Waals surface area contributed by atoms with Crippen molar-refractivity contribution in [1.29, 1.82) is 0 Å². The second kappa shape index (κ2) is 7.38. The lowest BCUT2D eigenvalue weighted by Crippen LogP contribution is -2.46. The first-order valence-electron chi connectivity index (χ1n) is 8.49. The molecule has 130 valence electrons. The third-order valence-electron chi connectivity index (χ3n) is 4.52. The van der Waals surface area contributed by atoms with E-state index in [1.165, 1.54) is 6.07 Å². The van der Waals surface area contributed by atoms with E-state index in [2.05, 4.69) is 5.32 Å². The van der Waals surface area contributed by atoms with Crippen LogP contribution in [0.15, 0.2) is 48.5 Å². The maximum absolute atomic E-state index is 12.5. The van der Waals surface area contributed by atoms with Crippen LogP contribution < -0.4 is 5.32 Å². The van der Waals surface area contributed by atoms with Crippen LogP contribution in [-0.2, 0) is 0 Å². The Morgan fingerprint density at radius 2 is 1.72 bits per heavy atom. The van der Waals surface area contributed by atoms with Gasteiger partial charge in [-0.2, -0.15) is 0 Å². The minimum atomic E-state index is -0.0841. The molecule has 2 aromatic carbocycles. The fourth-order valence-corrected chi connectivity index (χ4v) is 3.02. The van der Waals surface area contributed by atoms with Crippen molar-refractivity contribution < 1.29 is 14.7 Å². The second-order valence-electron chi connectivity index (χ2n) is 6.46. The summed E-state index contributed by atoms with van der Waals surface area (Å²) in [6.07, 6.45) is 1.45. The molecule has 1 fully saturated rings. The number of carbonyl (C=O) groups is 2. The molecular weight excluding hydrogens is 316 g/mol. The van der Waals surface area contributed by atoms with E-state index in [1.807, 2.05) is 31.2 Å². The number of aryl methyl sites for hydroxylation is 1. The zero-order chi connectivity index (χ0) is 17.8. The average molecular weight is 338 g/mol. The summed E-state index contributed by atoms with van der Waals surface area (Å²) in [6.45, 7) is 3.17. The Kier molecular flexibility index (Phi) is 5.03. The van der Waals surface area contributed by atoms with Crippen molar-refractivity contribution in [3.8, 4) is 5.75 Å². The van der Waals surface area contributed by atoms with Gasteiger partial charge in [-0.3, -0.25) is 9.59 Å². The smallest absolute Gasteiger partial charge is 0.253 e. The minimum Gasteiger partial charge on any atom is -0.508 e. The molecule has 0 atom stereocenters. The lowest BCUT2D eigenvalue weighted by Gasteiger charge is -2.32. The maximum atomic E-state index is 12.5. The van der Waals surface area contributed by atoms with Gasteiger partial charge < -0.3 is 15.3 Å². The number of nitrogens with zero attached hydrogens (tertiary/aromatic N) is 1. The summed E-state index contributed by atoms with van der Waals surface area (Å²) in [5, 5.41) is 12.6. The Morgan fingerprint density at radius 1 is 1.04 bits per heavy atom. The zero-order valence-corrected chi connectivity index (χ0v) is 14.2. The first-order chi connectivity index (χ1) is 12.0. The molecule has 2 aromatic rings. The number of hydrogen-bond donors (Lipinski definition) is 2. The summed E-state index contributed by atoms with van der Waals surface area (Å²) < 4.78 is 0. The number of carbonyl (C=O) groups excluding carboxylic acids is 2. The van der Waals surface area contributed by atoms with E-state index in [4.69, 9.17) is 0 Å². The van der Waals surface area contributed by atoms with E-state index in [9.17, 15) is 14.7 Å². The molecule has 2 N–H and O–H groups in total. The highest BCUT2D eigenvalue weighted by Gasteiger charge is 2.25. The monoisotopic (exact) mass is 338 g/mol. The van der Waals surface area contributed by atoms with Gasteiger partial charge in [0.25, 0.3) is 11.8 Å². The molecule has 0 saturated carbocycles. The van der Waals surface area contributed by atoms with Crippen LogP contribution in [0.5, 0.6) is 5.75 Å². The molecule has 5 heteroatoms. The summed E-state index contributed by atoms with van der Waals surface area (Å²) in [4.78, 5) is 26.5. The maximum Gasteiger partial charge on any atom is 0.253 e. The lowest BCUT2D eigenvalue weighted by molar-refractivity contribution is 0.0697. The Hall–Kier alpha value is -2.82. The molecule has 0 unspecified atom stereocenters. The van der Waals surface area contributed by atoms with Gasteiger partial charge in [-0.05, 0) is 50.1 Å². The molecule has 1 aliphatic heterocycles. The van der Waals surface area contributed by atoms with E-state index in [0.29, 0.717) is 24.2 Å². The van der Waals surface area contributed by atoms with Crippen LogP contribution in [0.4, 0.5) is 0 Å². The third-order valence-corrected chi connectivity index (χ3v) is 4.52. The summed E-state index contributed by atoms with van der Waals surface area (Å²) in [6, 6.07) is 14.0. The van der Waals surface area contributed by atoms with Crippen molar-refractivity contribution in [2.45, 2.75) is 25.8 Å². The summed E-state index contributed by atoms with van der Waals surface area (Å²) >= 11 is 0. The quantitative estimate of drug-likeness (QED) is 0.904. The molecule has 0 aliphatic carbocycles. The van der Waals surface area contributed by atoms with Crippen LogP contribution in [0.1, 0.15) is 39.1 Å². The number of phenols is 1. The van der Waals surface area contributed by atoms with E-state index < -0.39 is 0 Å². The summed E-state index contributed by atoms with van der Waals surface area (Å²) in [7, 11) is 0. The van der Waals surface area contributed by atoms with Crippen molar-refractivity contribution in [3.63, 3.8) is 0 Å². The number of piperidine rings is 1. The zero-order valence-electron chi connectivity index (χ0n) is 14.2. The first-order valence-corrected chi connectivity index (χ1v) is 8.49. The Bertz CT molecular complexity index is 763. The average Bonchev–Trinajstić information content (AvgIpc) is 2.62. The van der Waals surface area contributed by atoms with E-state index in [1.54, 1.807) is 23.1 Å². The van der Waals surface area contributed by atoms with Gasteiger partial charge in [0.05, 0.1) is 0 Å². The molecule has 1 saturated heterocycles. The molecule has 1 aliphatic rings. The van der Waals surface area contributed by atoms with Crippen molar-refractivity contribution in [1.82, 2.24) is 10.2 Å². The predicted molar refractivity (Wildman–Crippen MR) is 95.7 cm³/mol. The first kappa shape index (κ1) is 17.0. The highest BCUT2D eigenvalue weighted by atomic mass is 16.3. The van der Waals surface area contributed by atoms with Crippen LogP contribution in [0, 0.1) is 6.92 Å². The topological polar surface area (TPSA) is 69.6 Å². The SMILES string of the molecule is Cc1ccc(C(=O)NC2CCN(C(=O)c3cccc(O)c3)CC2)cc1. The molecule has 25 heavy (non-hydrogen) atoms. The van der Waals surface area contributed by atoms with Gasteiger partial charge in [-0.15, -0.1) is 0 Å². The van der Waals surface area contributed by atoms with Gasteiger partial charge in [-0.1, -0.05) is 23.8 Å². The predicted octanol–water partition coefficient (Wildman–Crippen LogP) is 2.74. The largest absolute Gasteiger partial charge is 0.508 e. The normalized spacial score (nSPS) is 15.0. The van der Waals surface area contributed by atoms with Gasteiger partial charge in [0, 0.05) is 30.3 Å². The number of aromatic hydroxyl groups is 1. The molecular formula is C20H22N2O3. The number of rotatable bonds is 3. The molecule has 0 aromatic heterocycles. The summed E-state index contributed by atoms with van der Waals surface area (Å²) in [5.74, 6) is -0.0666. The minimum absolute atomic E-state index is 0.0713. The molecule has 3 rings (SSSR count). The molecule has 0 spiro atoms. The van der Waals surface area contributed by atoms with Gasteiger partial charge in [0.2, 0.25) is 0 Å². The Labute approximate surface area is 147 Å². The number of amides is 2. The number of benzene rings is 2. The van der Waals surface area contributed by atoms with Gasteiger partial charge in [0.15, 0.2) is 0 Å². The van der Waals surface area contributed by atoms with E-state index >= 15 is 0 Å². The van der Waals surface area contributed by atoms with Crippen LogP contribution in [0.2, 0.25) is 0 Å². The van der Waals surface area contributed by atoms with E-state index in [-0.39, 0.29) is 23.6 Å². The van der Waals surface area contributed by atoms with Crippen molar-refractivity contribution >= 4 is 11.8 Å². The number of phenolic OH excluding ortho intramolecular Hbond substituents is 1. The molecule has 0 radical (unpaired) electrons. The second-order valence-corrected chi connectivity index (χ2v) is 6.46. The highest BCUT2D eigenvalue weighted by molar-refractivity contribution is 5.95. The molecule has 1 heterocycles. The Morgan fingerprint density at radius 3 is 2.36 bits per heavy atom. The number of likely N-dealkylation sites (tertiary alicyclic amines) is 1. The fourth-order valence-electron chi connectivity index (χ4n) is 3.02. The summed E-state index contributed by atoms with van der Waals surface area (Å²) in [5.41, 5.74) is 2.27. The van der Waals surface area contributed by atoms with Crippen LogP contribution >= 0.6 is 0 Å². The standard InChI is InChI=1S/C20H22N2O3/c1-14-5-7-15(8-6-14)19(24)21-17-9-11-22(12-10-17)20(25)16-3-2-4-18(23)13-16/h2-8,13,17,23H,9-12H2,1H3,(H,21,24). The molecule has 5 nitrogen and oxygen atoms in total. The molecule has 0 bridgehead atoms. The fraction of sp³-hybridized carbons (Fsp3) is 0.300. The van der Waals surface area contributed by atoms with Gasteiger partial charge in [0.1, 0.15) is 5.75 Å². The van der Waals surface area contributed by atoms with Gasteiger partial charge in [-0.25, -0.2) is 0 Å². The number of nitrogens with one attached hydrogen (secondary N) is 1. The van der Waals surface area contributed by atoms with Crippen LogP contribution in [-0.4, -0.2) is 41.0 Å². The number of hydrogen-bond acceptors (Lipinski definition) is 3. The highest BCUT2D eigenvalue weighted by Crippen LogP contribution is 2.17. The van der Waals surface area contributed by atoms with Crippen molar-refractivity contribution in [3.05, 3.63) is 65.2 Å². The van der Waals surface area contributed by atoms with Crippen molar-refractivity contribution in [2.24, 2.45) is 0 Å². The van der Waals surface area contributed by atoms with Crippen molar-refractivity contribution in [2.75, 3.05) is 13.1 Å². The van der Waals surface area contributed by atoms with E-state index in [0.717, 1.165) is 18.4 Å². The molecule has 2 amide bonds. The third kappa shape index (κ3) is 4.18. The lowest BCUT2D eigenvalue weighted by atomic mass is 10.0. The van der Waals surface area contributed by atoms with Crippen LogP contribution in [0.3, 0.4) is 0 Å².